The van der Waals surface area contributed by atoms with E-state index in [-0.39, 0.29) is 0 Å². The average molecular weight is 155 g/mol. The highest BCUT2D eigenvalue weighted by Gasteiger charge is 1.91. The molecule has 0 fully saturated rings. The SMILES string of the molecule is CC/C=C(/C)CCCN(C)C. The van der Waals surface area contributed by atoms with Gasteiger partial charge in [0.05, 0.1) is 0 Å². The van der Waals surface area contributed by atoms with Gasteiger partial charge < -0.3 is 4.90 Å². The molecule has 0 radical (unpaired) electrons. The van der Waals surface area contributed by atoms with E-state index in [4.69, 9.17) is 0 Å². The molecule has 0 aromatic rings. The molecule has 11 heavy (non-hydrogen) atoms. The zero-order valence-electron chi connectivity index (χ0n) is 8.35. The van der Waals surface area contributed by atoms with Gasteiger partial charge >= 0.3 is 0 Å². The highest BCUT2D eigenvalue weighted by Crippen LogP contribution is 2.04. The fraction of sp³-hybridized carbons (Fsp3) is 0.800. The number of rotatable bonds is 5. The van der Waals surface area contributed by atoms with Crippen LogP contribution in [0.2, 0.25) is 0 Å². The van der Waals surface area contributed by atoms with E-state index in [0.717, 1.165) is 0 Å². The van der Waals surface area contributed by atoms with Crippen molar-refractivity contribution in [2.45, 2.75) is 33.1 Å². The number of allylic oxidation sites excluding steroid dienone is 2. The molecule has 0 aliphatic carbocycles. The minimum Gasteiger partial charge on any atom is -0.309 e. The third-order valence-corrected chi connectivity index (χ3v) is 1.73. The molecule has 0 saturated carbocycles. The van der Waals surface area contributed by atoms with E-state index in [0.29, 0.717) is 0 Å². The van der Waals surface area contributed by atoms with Gasteiger partial charge in [-0.1, -0.05) is 18.6 Å². The van der Waals surface area contributed by atoms with Crippen LogP contribution in [0.15, 0.2) is 11.6 Å². The van der Waals surface area contributed by atoms with Gasteiger partial charge in [0.1, 0.15) is 0 Å². The van der Waals surface area contributed by atoms with Crippen LogP contribution >= 0.6 is 0 Å². The normalized spacial score (nSPS) is 12.6. The van der Waals surface area contributed by atoms with Gasteiger partial charge in [-0.05, 0) is 46.8 Å². The molecule has 0 aromatic carbocycles. The second-order valence-electron chi connectivity index (χ2n) is 3.37. The summed E-state index contributed by atoms with van der Waals surface area (Å²) in [6, 6.07) is 0. The third kappa shape index (κ3) is 7.60. The van der Waals surface area contributed by atoms with E-state index in [9.17, 15) is 0 Å². The van der Waals surface area contributed by atoms with E-state index in [1.165, 1.54) is 31.4 Å². The Hall–Kier alpha value is -0.300. The Morgan fingerprint density at radius 2 is 2.00 bits per heavy atom. The summed E-state index contributed by atoms with van der Waals surface area (Å²) in [7, 11) is 4.25. The molecule has 0 spiro atoms. The van der Waals surface area contributed by atoms with Crippen molar-refractivity contribution in [3.8, 4) is 0 Å². The summed E-state index contributed by atoms with van der Waals surface area (Å²) in [6.07, 6.45) is 6.03. The lowest BCUT2D eigenvalue weighted by Gasteiger charge is -2.08. The van der Waals surface area contributed by atoms with Crippen LogP contribution in [0, 0.1) is 0 Å². The summed E-state index contributed by atoms with van der Waals surface area (Å²) in [5.74, 6) is 0. The Bertz CT molecular complexity index is 114. The zero-order valence-corrected chi connectivity index (χ0v) is 8.35. The van der Waals surface area contributed by atoms with Gasteiger partial charge in [0.2, 0.25) is 0 Å². The van der Waals surface area contributed by atoms with E-state index in [2.05, 4.69) is 38.9 Å². The van der Waals surface area contributed by atoms with E-state index < -0.39 is 0 Å². The first-order valence-corrected chi connectivity index (χ1v) is 4.47. The van der Waals surface area contributed by atoms with Crippen molar-refractivity contribution in [3.05, 3.63) is 11.6 Å². The number of hydrogen-bond donors (Lipinski definition) is 0. The Labute approximate surface area is 71.1 Å². The number of nitrogens with zero attached hydrogens (tertiary/aromatic N) is 1. The van der Waals surface area contributed by atoms with Crippen molar-refractivity contribution in [1.82, 2.24) is 4.90 Å². The largest absolute Gasteiger partial charge is 0.309 e. The summed E-state index contributed by atoms with van der Waals surface area (Å²) >= 11 is 0. The van der Waals surface area contributed by atoms with Crippen LogP contribution in [0.3, 0.4) is 0 Å². The van der Waals surface area contributed by atoms with Gasteiger partial charge in [0.25, 0.3) is 0 Å². The Balaban J connectivity index is 3.31. The Morgan fingerprint density at radius 3 is 2.45 bits per heavy atom. The molecule has 0 N–H and O–H groups in total. The summed E-state index contributed by atoms with van der Waals surface area (Å²) in [5.41, 5.74) is 1.54. The highest BCUT2D eigenvalue weighted by atomic mass is 15.0. The van der Waals surface area contributed by atoms with Crippen LogP contribution < -0.4 is 0 Å². The molecule has 66 valence electrons. The molecule has 0 unspecified atom stereocenters. The second kappa shape index (κ2) is 6.41. The smallest absolute Gasteiger partial charge is 0.00218 e. The van der Waals surface area contributed by atoms with Crippen molar-refractivity contribution in [2.75, 3.05) is 20.6 Å². The molecule has 0 aromatic heterocycles. The minimum atomic E-state index is 1.17. The lowest BCUT2D eigenvalue weighted by Crippen LogP contribution is -2.12. The van der Waals surface area contributed by atoms with Crippen molar-refractivity contribution in [1.29, 1.82) is 0 Å². The lowest BCUT2D eigenvalue weighted by molar-refractivity contribution is 0.400. The van der Waals surface area contributed by atoms with E-state index >= 15 is 0 Å². The van der Waals surface area contributed by atoms with Crippen LogP contribution in [0.1, 0.15) is 33.1 Å². The molecule has 0 rings (SSSR count). The molecule has 0 aliphatic rings. The monoisotopic (exact) mass is 155 g/mol. The van der Waals surface area contributed by atoms with Gasteiger partial charge in [0.15, 0.2) is 0 Å². The van der Waals surface area contributed by atoms with Crippen LogP contribution in [0.5, 0.6) is 0 Å². The first-order chi connectivity index (χ1) is 5.16. The average Bonchev–Trinajstić information content (AvgIpc) is 1.87. The Morgan fingerprint density at radius 1 is 1.36 bits per heavy atom. The van der Waals surface area contributed by atoms with Gasteiger partial charge in [-0.25, -0.2) is 0 Å². The van der Waals surface area contributed by atoms with Gasteiger partial charge in [-0.15, -0.1) is 0 Å². The zero-order chi connectivity index (χ0) is 8.69. The maximum atomic E-state index is 2.32. The third-order valence-electron chi connectivity index (χ3n) is 1.73. The van der Waals surface area contributed by atoms with Crippen LogP contribution in [-0.2, 0) is 0 Å². The summed E-state index contributed by atoms with van der Waals surface area (Å²) in [5, 5.41) is 0. The first-order valence-electron chi connectivity index (χ1n) is 4.47. The molecule has 0 amide bonds. The molecule has 0 heterocycles. The van der Waals surface area contributed by atoms with E-state index in [1.54, 1.807) is 0 Å². The van der Waals surface area contributed by atoms with Crippen molar-refractivity contribution < 1.29 is 0 Å². The molecular formula is C10H21N. The molecule has 0 atom stereocenters. The molecular weight excluding hydrogens is 134 g/mol. The maximum absolute atomic E-state index is 2.32. The predicted molar refractivity (Wildman–Crippen MR) is 51.8 cm³/mol. The summed E-state index contributed by atoms with van der Waals surface area (Å²) in [4.78, 5) is 2.24. The molecule has 0 aliphatic heterocycles. The van der Waals surface area contributed by atoms with Gasteiger partial charge in [-0.2, -0.15) is 0 Å². The van der Waals surface area contributed by atoms with Crippen LogP contribution in [-0.4, -0.2) is 25.5 Å². The lowest BCUT2D eigenvalue weighted by atomic mass is 10.1. The summed E-state index contributed by atoms with van der Waals surface area (Å²) < 4.78 is 0. The minimum absolute atomic E-state index is 1.17. The molecule has 0 saturated heterocycles. The van der Waals surface area contributed by atoms with Crippen LogP contribution in [0.25, 0.3) is 0 Å². The standard InChI is InChI=1S/C10H21N/c1-5-7-10(2)8-6-9-11(3)4/h7H,5-6,8-9H2,1-4H3/b10-7-. The van der Waals surface area contributed by atoms with E-state index in [1.807, 2.05) is 0 Å². The van der Waals surface area contributed by atoms with Gasteiger partial charge in [0, 0.05) is 0 Å². The van der Waals surface area contributed by atoms with Gasteiger partial charge in [-0.3, -0.25) is 0 Å². The second-order valence-corrected chi connectivity index (χ2v) is 3.37. The quantitative estimate of drug-likeness (QED) is 0.552. The fourth-order valence-electron chi connectivity index (χ4n) is 1.12. The molecule has 0 bridgehead atoms. The molecule has 1 nitrogen and oxygen atoms in total. The maximum Gasteiger partial charge on any atom is -0.00218 e. The van der Waals surface area contributed by atoms with Crippen molar-refractivity contribution >= 4 is 0 Å². The topological polar surface area (TPSA) is 3.24 Å². The van der Waals surface area contributed by atoms with Crippen molar-refractivity contribution in [2.24, 2.45) is 0 Å². The highest BCUT2D eigenvalue weighted by molar-refractivity contribution is 4.96. The Kier molecular flexibility index (Phi) is 6.24. The predicted octanol–water partition coefficient (Wildman–Crippen LogP) is 2.68. The summed E-state index contributed by atoms with van der Waals surface area (Å²) in [6.45, 7) is 5.61. The molecule has 1 heteroatoms. The van der Waals surface area contributed by atoms with Crippen molar-refractivity contribution in [3.63, 3.8) is 0 Å². The number of hydrogen-bond acceptors (Lipinski definition) is 1. The fourth-order valence-corrected chi connectivity index (χ4v) is 1.12. The van der Waals surface area contributed by atoms with Crippen LogP contribution in [0.4, 0.5) is 0 Å². The first kappa shape index (κ1) is 10.7.